The van der Waals surface area contributed by atoms with Gasteiger partial charge in [-0.2, -0.15) is 11.1 Å². The Labute approximate surface area is 163 Å². The van der Waals surface area contributed by atoms with Gasteiger partial charge in [-0.1, -0.05) is 18.9 Å². The zero-order valence-electron chi connectivity index (χ0n) is 15.6. The minimum atomic E-state index is -0.526. The Morgan fingerprint density at radius 2 is 1.93 bits per heavy atom. The molecule has 28 heavy (non-hydrogen) atoms. The van der Waals surface area contributed by atoms with Gasteiger partial charge in [0.05, 0.1) is 12.3 Å². The number of rotatable bonds is 3. The molecule has 7 N–H and O–H groups in total. The number of hydrogen-bond acceptors (Lipinski definition) is 8. The third-order valence-corrected chi connectivity index (χ3v) is 6.47. The Hall–Kier alpha value is -1.24. The highest BCUT2D eigenvalue weighted by Gasteiger charge is 2.48. The number of benzene rings is 1. The van der Waals surface area contributed by atoms with Crippen LogP contribution in [-0.4, -0.2) is 42.3 Å². The van der Waals surface area contributed by atoms with E-state index in [2.05, 4.69) is 42.8 Å². The van der Waals surface area contributed by atoms with E-state index in [1.165, 1.54) is 31.0 Å². The average Bonchev–Trinajstić information content (AvgIpc) is 3.13. The molecule has 1 aliphatic carbocycles. The first kappa shape index (κ1) is 18.8. The van der Waals surface area contributed by atoms with E-state index < -0.39 is 11.6 Å². The lowest BCUT2D eigenvalue weighted by atomic mass is 9.90. The fraction of sp³-hybridized carbons (Fsp3) is 0.667. The van der Waals surface area contributed by atoms with Gasteiger partial charge in [0, 0.05) is 36.7 Å². The maximum atomic E-state index is 13.9. The molecule has 3 heterocycles. The molecule has 1 aromatic carbocycles. The third-order valence-electron chi connectivity index (χ3n) is 6.47. The molecule has 0 amide bonds. The lowest BCUT2D eigenvalue weighted by molar-refractivity contribution is 0.0501. The van der Waals surface area contributed by atoms with Crippen LogP contribution in [0.5, 0.6) is 0 Å². The van der Waals surface area contributed by atoms with Gasteiger partial charge in [-0.05, 0) is 25.0 Å². The molecule has 1 aromatic rings. The minimum Gasteiger partial charge on any atom is -0.297 e. The van der Waals surface area contributed by atoms with Gasteiger partial charge in [-0.15, -0.1) is 0 Å². The molecule has 5 rings (SSSR count). The Kier molecular flexibility index (Phi) is 5.28. The van der Waals surface area contributed by atoms with Gasteiger partial charge in [0.1, 0.15) is 17.9 Å². The summed E-state index contributed by atoms with van der Waals surface area (Å²) >= 11 is 0. The third kappa shape index (κ3) is 3.44. The standard InChI is InChI=1S/C18H28F2N8/c19-12-4-3-5-13(20)10(12)8-21-18-22-9-11-16(24-18)23-14-6-1-2-7-15(14)28-17(11)25-26-27-28/h3-5,11,14-18,21-27H,1-2,6-9H2. The zero-order chi connectivity index (χ0) is 19.1. The molecule has 6 unspecified atom stereocenters. The zero-order valence-corrected chi connectivity index (χ0v) is 15.6. The Morgan fingerprint density at radius 1 is 1.11 bits per heavy atom. The maximum Gasteiger partial charge on any atom is 0.130 e. The van der Waals surface area contributed by atoms with Gasteiger partial charge in [0.15, 0.2) is 0 Å². The van der Waals surface area contributed by atoms with Crippen LogP contribution in [0.3, 0.4) is 0 Å². The van der Waals surface area contributed by atoms with Gasteiger partial charge < -0.3 is 0 Å². The van der Waals surface area contributed by atoms with E-state index in [0.29, 0.717) is 12.1 Å². The van der Waals surface area contributed by atoms with Crippen molar-refractivity contribution in [2.75, 3.05) is 6.54 Å². The van der Waals surface area contributed by atoms with Crippen molar-refractivity contribution in [1.82, 2.24) is 42.8 Å². The first-order valence-electron chi connectivity index (χ1n) is 10.2. The smallest absolute Gasteiger partial charge is 0.130 e. The van der Waals surface area contributed by atoms with Crippen LogP contribution in [0.25, 0.3) is 0 Å². The number of hydrogen-bond donors (Lipinski definition) is 7. The molecule has 154 valence electrons. The number of nitrogens with zero attached hydrogens (tertiary/aromatic N) is 1. The molecule has 4 aliphatic rings. The normalized spacial score (nSPS) is 38.4. The molecular formula is C18H28F2N8. The Morgan fingerprint density at radius 3 is 2.79 bits per heavy atom. The first-order valence-corrected chi connectivity index (χ1v) is 10.2. The van der Waals surface area contributed by atoms with Crippen molar-refractivity contribution in [3.63, 3.8) is 0 Å². The van der Waals surface area contributed by atoms with Crippen LogP contribution in [0.4, 0.5) is 8.78 Å². The van der Waals surface area contributed by atoms with Crippen molar-refractivity contribution >= 4 is 0 Å². The van der Waals surface area contributed by atoms with Gasteiger partial charge in [-0.3, -0.25) is 21.3 Å². The topological polar surface area (TPSA) is 87.5 Å². The second-order valence-electron chi connectivity index (χ2n) is 8.09. The Balaban J connectivity index is 1.28. The predicted molar refractivity (Wildman–Crippen MR) is 99.6 cm³/mol. The van der Waals surface area contributed by atoms with Crippen LogP contribution in [0, 0.1) is 17.6 Å². The van der Waals surface area contributed by atoms with Crippen molar-refractivity contribution < 1.29 is 8.78 Å². The summed E-state index contributed by atoms with van der Waals surface area (Å²) < 4.78 is 27.8. The molecule has 8 nitrogen and oxygen atoms in total. The molecular weight excluding hydrogens is 366 g/mol. The maximum absolute atomic E-state index is 13.9. The number of fused-ring (bicyclic) bond motifs is 5. The second kappa shape index (κ2) is 7.88. The van der Waals surface area contributed by atoms with E-state index in [9.17, 15) is 8.78 Å². The van der Waals surface area contributed by atoms with Crippen molar-refractivity contribution in [3.05, 3.63) is 35.4 Å². The summed E-state index contributed by atoms with van der Waals surface area (Å²) in [6.45, 7) is 0.878. The van der Waals surface area contributed by atoms with E-state index in [-0.39, 0.29) is 36.6 Å². The summed E-state index contributed by atoms with van der Waals surface area (Å²) in [5.74, 6) is -0.778. The molecule has 0 bridgehead atoms. The van der Waals surface area contributed by atoms with Crippen LogP contribution in [0.15, 0.2) is 18.2 Å². The lowest BCUT2D eigenvalue weighted by Crippen LogP contribution is -2.70. The van der Waals surface area contributed by atoms with Crippen molar-refractivity contribution in [1.29, 1.82) is 0 Å². The largest absolute Gasteiger partial charge is 0.297 e. The van der Waals surface area contributed by atoms with Crippen molar-refractivity contribution in [3.8, 4) is 0 Å². The molecule has 3 aliphatic heterocycles. The Bertz CT molecular complexity index is 686. The quantitative estimate of drug-likeness (QED) is 0.371. The van der Waals surface area contributed by atoms with Gasteiger partial charge in [-0.25, -0.2) is 19.2 Å². The van der Waals surface area contributed by atoms with Crippen molar-refractivity contribution in [2.45, 2.75) is 62.9 Å². The number of hydrazine groups is 3. The monoisotopic (exact) mass is 394 g/mol. The molecule has 3 saturated heterocycles. The molecule has 1 saturated carbocycles. The van der Waals surface area contributed by atoms with Gasteiger partial charge in [0.2, 0.25) is 0 Å². The summed E-state index contributed by atoms with van der Waals surface area (Å²) in [7, 11) is 0. The first-order chi connectivity index (χ1) is 13.7. The lowest BCUT2D eigenvalue weighted by Gasteiger charge is -2.41. The average molecular weight is 394 g/mol. The number of nitrogens with one attached hydrogen (secondary N) is 7. The highest BCUT2D eigenvalue weighted by Crippen LogP contribution is 2.30. The molecule has 4 fully saturated rings. The summed E-state index contributed by atoms with van der Waals surface area (Å²) in [4.78, 5) is 0. The van der Waals surface area contributed by atoms with E-state index in [0.717, 1.165) is 19.4 Å². The van der Waals surface area contributed by atoms with Crippen molar-refractivity contribution in [2.24, 2.45) is 5.92 Å². The summed E-state index contributed by atoms with van der Waals surface area (Å²) in [6.07, 6.45) is 4.78. The highest BCUT2D eigenvalue weighted by molar-refractivity contribution is 5.19. The predicted octanol–water partition coefficient (Wildman–Crippen LogP) is -0.457. The van der Waals surface area contributed by atoms with E-state index in [4.69, 9.17) is 0 Å². The van der Waals surface area contributed by atoms with Crippen LogP contribution in [-0.2, 0) is 6.54 Å². The van der Waals surface area contributed by atoms with E-state index in [1.807, 2.05) is 0 Å². The minimum absolute atomic E-state index is 0.0615. The molecule has 6 atom stereocenters. The fourth-order valence-electron chi connectivity index (χ4n) is 5.02. The van der Waals surface area contributed by atoms with Crippen LogP contribution >= 0.6 is 0 Å². The molecule has 10 heteroatoms. The van der Waals surface area contributed by atoms with Crippen LogP contribution < -0.4 is 37.8 Å². The summed E-state index contributed by atoms with van der Waals surface area (Å²) in [6, 6.07) is 4.78. The fourth-order valence-corrected chi connectivity index (χ4v) is 5.02. The molecule has 0 radical (unpaired) electrons. The van der Waals surface area contributed by atoms with Crippen LogP contribution in [0.2, 0.25) is 0 Å². The number of halogens is 2. The van der Waals surface area contributed by atoms with Gasteiger partial charge in [0.25, 0.3) is 0 Å². The SMILES string of the molecule is Fc1cccc(F)c1CNC1NCC2C(N1)NC1CCCCC1N1NNNC21. The second-order valence-corrected chi connectivity index (χ2v) is 8.09. The summed E-state index contributed by atoms with van der Waals surface area (Å²) in [5.41, 5.74) is 9.76. The van der Waals surface area contributed by atoms with E-state index in [1.54, 1.807) is 0 Å². The molecule has 0 spiro atoms. The molecule has 0 aromatic heterocycles. The summed E-state index contributed by atoms with van der Waals surface area (Å²) in [5, 5.41) is 16.3. The van der Waals surface area contributed by atoms with Crippen LogP contribution in [0.1, 0.15) is 31.2 Å². The highest BCUT2D eigenvalue weighted by atomic mass is 19.1. The van der Waals surface area contributed by atoms with Gasteiger partial charge >= 0.3 is 0 Å². The van der Waals surface area contributed by atoms with E-state index >= 15 is 0 Å².